The zero-order valence-electron chi connectivity index (χ0n) is 21.1. The summed E-state index contributed by atoms with van der Waals surface area (Å²) in [4.78, 5) is 32.6. The summed E-state index contributed by atoms with van der Waals surface area (Å²) >= 11 is 0. The summed E-state index contributed by atoms with van der Waals surface area (Å²) in [6.45, 7) is 3.33. The molecule has 8 nitrogen and oxygen atoms in total. The number of aryl methyl sites for hydroxylation is 1. The van der Waals surface area contributed by atoms with Crippen molar-refractivity contribution in [3.05, 3.63) is 81.9 Å². The molecule has 2 saturated carbocycles. The summed E-state index contributed by atoms with van der Waals surface area (Å²) < 4.78 is 7.66. The lowest BCUT2D eigenvalue weighted by Crippen LogP contribution is -2.30. The Balaban J connectivity index is 1.42. The molecular formula is C28H33N5O3. The molecule has 1 amide bonds. The van der Waals surface area contributed by atoms with Gasteiger partial charge in [0.25, 0.3) is 11.5 Å². The lowest BCUT2D eigenvalue weighted by atomic mass is 10.0. The van der Waals surface area contributed by atoms with E-state index in [0.717, 1.165) is 49.1 Å². The molecule has 0 bridgehead atoms. The maximum absolute atomic E-state index is 13.6. The van der Waals surface area contributed by atoms with Gasteiger partial charge < -0.3 is 20.3 Å². The number of nitrogens with zero attached hydrogens (tertiary/aromatic N) is 3. The number of hydrogen-bond donors (Lipinski definition) is 2. The minimum atomic E-state index is -0.388. The number of aromatic nitrogens is 2. The second-order valence-corrected chi connectivity index (χ2v) is 10.1. The van der Waals surface area contributed by atoms with Crippen LogP contribution in [0.25, 0.3) is 5.69 Å². The minimum Gasteiger partial charge on any atom is -0.492 e. The first-order chi connectivity index (χ1) is 17.4. The number of ether oxygens (including phenoxy) is 1. The van der Waals surface area contributed by atoms with Gasteiger partial charge in [0.15, 0.2) is 5.82 Å². The van der Waals surface area contributed by atoms with Crippen LogP contribution in [0.4, 0.5) is 5.82 Å². The molecule has 3 aromatic rings. The molecular weight excluding hydrogens is 454 g/mol. The smallest absolute Gasteiger partial charge is 0.297 e. The summed E-state index contributed by atoms with van der Waals surface area (Å²) in [5.74, 6) is 0.998. The van der Waals surface area contributed by atoms with Crippen LogP contribution in [0.3, 0.4) is 0 Å². The standard InChI is InChI=1S/C28H33N5O3/c1-19-8-9-20(26(34)30-21-10-11-21)18-23(19)33-15-14-29-25(27(33)35)31-28(12-13-28)22-6-4-5-7-24(22)36-17-16-32(2)3/h4-9,14-15,18,21H,10-13,16-17H2,1-3H3,(H,29,31)(H,30,34). The largest absolute Gasteiger partial charge is 0.492 e. The van der Waals surface area contributed by atoms with E-state index in [1.807, 2.05) is 45.3 Å². The summed E-state index contributed by atoms with van der Waals surface area (Å²) in [6, 6.07) is 13.7. The summed E-state index contributed by atoms with van der Waals surface area (Å²) in [5, 5.41) is 6.45. The van der Waals surface area contributed by atoms with Crippen molar-refractivity contribution in [1.29, 1.82) is 0 Å². The number of nitrogens with one attached hydrogen (secondary N) is 2. The van der Waals surface area contributed by atoms with Gasteiger partial charge in [0, 0.05) is 36.1 Å². The van der Waals surface area contributed by atoms with Gasteiger partial charge in [-0.05, 0) is 70.5 Å². The molecule has 0 atom stereocenters. The van der Waals surface area contributed by atoms with Crippen molar-refractivity contribution in [1.82, 2.24) is 19.8 Å². The lowest BCUT2D eigenvalue weighted by Gasteiger charge is -2.22. The molecule has 36 heavy (non-hydrogen) atoms. The van der Waals surface area contributed by atoms with Gasteiger partial charge in [-0.2, -0.15) is 0 Å². The highest BCUT2D eigenvalue weighted by molar-refractivity contribution is 5.95. The first-order valence-electron chi connectivity index (χ1n) is 12.5. The van der Waals surface area contributed by atoms with Gasteiger partial charge in [-0.25, -0.2) is 4.98 Å². The van der Waals surface area contributed by atoms with Crippen LogP contribution in [0.2, 0.25) is 0 Å². The van der Waals surface area contributed by atoms with Crippen LogP contribution in [0.1, 0.15) is 47.2 Å². The average molecular weight is 488 g/mol. The van der Waals surface area contributed by atoms with Crippen molar-refractivity contribution in [2.75, 3.05) is 32.6 Å². The molecule has 0 spiro atoms. The number of anilines is 1. The van der Waals surface area contributed by atoms with E-state index in [1.165, 1.54) is 0 Å². The predicted octanol–water partition coefficient (Wildman–Crippen LogP) is 3.47. The summed E-state index contributed by atoms with van der Waals surface area (Å²) in [7, 11) is 4.03. The van der Waals surface area contributed by atoms with Gasteiger partial charge in [0.05, 0.1) is 11.2 Å². The van der Waals surface area contributed by atoms with E-state index in [9.17, 15) is 9.59 Å². The number of hydrogen-bond acceptors (Lipinski definition) is 6. The second-order valence-electron chi connectivity index (χ2n) is 10.1. The van der Waals surface area contributed by atoms with Crippen molar-refractivity contribution in [2.45, 2.75) is 44.2 Å². The van der Waals surface area contributed by atoms with E-state index in [1.54, 1.807) is 29.1 Å². The number of benzene rings is 2. The molecule has 2 aliphatic carbocycles. The second kappa shape index (κ2) is 9.78. The number of para-hydroxylation sites is 1. The van der Waals surface area contributed by atoms with Crippen molar-refractivity contribution < 1.29 is 9.53 Å². The zero-order valence-corrected chi connectivity index (χ0v) is 21.1. The van der Waals surface area contributed by atoms with Crippen molar-refractivity contribution in [3.63, 3.8) is 0 Å². The number of carbonyl (C=O) groups is 1. The Morgan fingerprint density at radius 2 is 1.97 bits per heavy atom. The zero-order chi connectivity index (χ0) is 25.3. The monoisotopic (exact) mass is 487 g/mol. The Hall–Kier alpha value is -3.65. The van der Waals surface area contributed by atoms with Crippen molar-refractivity contribution >= 4 is 11.7 Å². The Kier molecular flexibility index (Phi) is 6.53. The maximum Gasteiger partial charge on any atom is 0.297 e. The third-order valence-corrected chi connectivity index (χ3v) is 6.79. The van der Waals surface area contributed by atoms with Gasteiger partial charge in [0.2, 0.25) is 0 Å². The van der Waals surface area contributed by atoms with E-state index >= 15 is 0 Å². The van der Waals surface area contributed by atoms with Crippen LogP contribution in [0.15, 0.2) is 59.7 Å². The first kappa shape index (κ1) is 24.1. The maximum atomic E-state index is 13.6. The van der Waals surface area contributed by atoms with Crippen LogP contribution >= 0.6 is 0 Å². The van der Waals surface area contributed by atoms with E-state index < -0.39 is 0 Å². The van der Waals surface area contributed by atoms with Crippen LogP contribution < -0.4 is 20.9 Å². The van der Waals surface area contributed by atoms with Crippen LogP contribution in [-0.2, 0) is 5.54 Å². The molecule has 2 N–H and O–H groups in total. The predicted molar refractivity (Wildman–Crippen MR) is 140 cm³/mol. The molecule has 0 saturated heterocycles. The number of amides is 1. The quantitative estimate of drug-likeness (QED) is 0.455. The topological polar surface area (TPSA) is 88.5 Å². The van der Waals surface area contributed by atoms with E-state index in [2.05, 4.69) is 26.6 Å². The summed E-state index contributed by atoms with van der Waals surface area (Å²) in [6.07, 6.45) is 7.08. The number of rotatable bonds is 10. The normalized spacial score (nSPS) is 16.0. The average Bonchev–Trinajstić information content (AvgIpc) is 3.79. The molecule has 5 rings (SSSR count). The molecule has 0 radical (unpaired) electrons. The fraction of sp³-hybridized carbons (Fsp3) is 0.393. The molecule has 1 heterocycles. The van der Waals surface area contributed by atoms with Gasteiger partial charge in [0.1, 0.15) is 12.4 Å². The van der Waals surface area contributed by atoms with Crippen LogP contribution in [-0.4, -0.2) is 53.6 Å². The van der Waals surface area contributed by atoms with Gasteiger partial charge in [-0.15, -0.1) is 0 Å². The minimum absolute atomic E-state index is 0.109. The van der Waals surface area contributed by atoms with Gasteiger partial charge in [-0.3, -0.25) is 14.2 Å². The highest BCUT2D eigenvalue weighted by Gasteiger charge is 2.47. The Bertz CT molecular complexity index is 1320. The molecule has 2 aliphatic rings. The van der Waals surface area contributed by atoms with E-state index in [4.69, 9.17) is 4.74 Å². The third-order valence-electron chi connectivity index (χ3n) is 6.79. The first-order valence-corrected chi connectivity index (χ1v) is 12.5. The molecule has 188 valence electrons. The molecule has 1 aromatic heterocycles. The highest BCUT2D eigenvalue weighted by atomic mass is 16.5. The van der Waals surface area contributed by atoms with E-state index in [-0.39, 0.29) is 28.9 Å². The molecule has 0 aliphatic heterocycles. The molecule has 8 heteroatoms. The molecule has 2 fully saturated rings. The van der Waals surface area contributed by atoms with Crippen molar-refractivity contribution in [2.24, 2.45) is 0 Å². The fourth-order valence-corrected chi connectivity index (χ4v) is 4.33. The summed E-state index contributed by atoms with van der Waals surface area (Å²) in [5.41, 5.74) is 2.52. The Morgan fingerprint density at radius 3 is 2.69 bits per heavy atom. The number of likely N-dealkylation sites (N-methyl/N-ethyl adjacent to an activating group) is 1. The number of carbonyl (C=O) groups excluding carboxylic acids is 1. The molecule has 0 unspecified atom stereocenters. The van der Waals surface area contributed by atoms with Gasteiger partial charge in [-0.1, -0.05) is 24.3 Å². The van der Waals surface area contributed by atoms with Gasteiger partial charge >= 0.3 is 0 Å². The van der Waals surface area contributed by atoms with Crippen LogP contribution in [0, 0.1) is 6.92 Å². The highest BCUT2D eigenvalue weighted by Crippen LogP contribution is 2.50. The Labute approximate surface area is 211 Å². The van der Waals surface area contributed by atoms with E-state index in [0.29, 0.717) is 17.9 Å². The lowest BCUT2D eigenvalue weighted by molar-refractivity contribution is 0.0951. The third kappa shape index (κ3) is 5.14. The van der Waals surface area contributed by atoms with Crippen LogP contribution in [0.5, 0.6) is 5.75 Å². The molecule has 2 aromatic carbocycles. The van der Waals surface area contributed by atoms with Crippen molar-refractivity contribution in [3.8, 4) is 11.4 Å². The SMILES string of the molecule is Cc1ccc(C(=O)NC2CC2)cc1-n1ccnc(NC2(c3ccccc3OCCN(C)C)CC2)c1=O. The Morgan fingerprint density at radius 1 is 1.19 bits per heavy atom. The fourth-order valence-electron chi connectivity index (χ4n) is 4.33.